The molecule has 1 aliphatic heterocycles. The summed E-state index contributed by atoms with van der Waals surface area (Å²) in [5, 5.41) is 3.84. The Morgan fingerprint density at radius 3 is 2.95 bits per heavy atom. The van der Waals surface area contributed by atoms with E-state index in [0.717, 1.165) is 22.8 Å². The molecule has 3 unspecified atom stereocenters. The summed E-state index contributed by atoms with van der Waals surface area (Å²) < 4.78 is 10.8. The largest absolute Gasteiger partial charge is 0.489 e. The molecule has 116 valence electrons. The van der Waals surface area contributed by atoms with Gasteiger partial charge < -0.3 is 14.8 Å². The third kappa shape index (κ3) is 3.89. The monoisotopic (exact) mass is 311 g/mol. The summed E-state index contributed by atoms with van der Waals surface area (Å²) in [5.41, 5.74) is 1.12. The number of hydrogen-bond donors (Lipinski definition) is 1. The number of benzene rings is 1. The standard InChI is InChI=1S/C16H22ClNO3/c1-4-10(2)13-7-11(17)5-6-15(13)21-12-8-14(18-9-12)16(19)20-3/h5-7,10,12,14,18H,4,8-9H2,1-3H3. The maximum atomic E-state index is 11.5. The van der Waals surface area contributed by atoms with Gasteiger partial charge in [0.05, 0.1) is 7.11 Å². The normalized spacial score (nSPS) is 22.9. The maximum absolute atomic E-state index is 11.5. The Kier molecular flexibility index (Phi) is 5.48. The van der Waals surface area contributed by atoms with Crippen LogP contribution in [0.2, 0.25) is 5.02 Å². The third-order valence-corrected chi connectivity index (χ3v) is 4.22. The van der Waals surface area contributed by atoms with Crippen LogP contribution in [-0.4, -0.2) is 31.8 Å². The van der Waals surface area contributed by atoms with Crippen molar-refractivity contribution < 1.29 is 14.3 Å². The van der Waals surface area contributed by atoms with Crippen LogP contribution in [0.15, 0.2) is 18.2 Å². The van der Waals surface area contributed by atoms with Crippen LogP contribution in [0.3, 0.4) is 0 Å². The lowest BCUT2D eigenvalue weighted by Crippen LogP contribution is -2.31. The number of esters is 1. The van der Waals surface area contributed by atoms with Crippen LogP contribution in [0, 0.1) is 0 Å². The molecule has 0 aliphatic carbocycles. The molecule has 2 rings (SSSR count). The molecule has 21 heavy (non-hydrogen) atoms. The Morgan fingerprint density at radius 2 is 2.29 bits per heavy atom. The summed E-state index contributed by atoms with van der Waals surface area (Å²) in [6.45, 7) is 4.94. The zero-order valence-electron chi connectivity index (χ0n) is 12.7. The lowest BCUT2D eigenvalue weighted by atomic mass is 9.97. The summed E-state index contributed by atoms with van der Waals surface area (Å²) in [6.07, 6.45) is 1.61. The molecule has 0 amide bonds. The molecule has 1 heterocycles. The fourth-order valence-electron chi connectivity index (χ4n) is 2.53. The second-order valence-corrected chi connectivity index (χ2v) is 5.89. The number of ether oxygens (including phenoxy) is 2. The second-order valence-electron chi connectivity index (χ2n) is 5.45. The van der Waals surface area contributed by atoms with E-state index in [1.807, 2.05) is 18.2 Å². The molecule has 4 nitrogen and oxygen atoms in total. The first-order valence-electron chi connectivity index (χ1n) is 7.32. The highest BCUT2D eigenvalue weighted by molar-refractivity contribution is 6.30. The van der Waals surface area contributed by atoms with E-state index in [-0.39, 0.29) is 18.1 Å². The van der Waals surface area contributed by atoms with Crippen LogP contribution in [0.1, 0.15) is 38.2 Å². The Hall–Kier alpha value is -1.26. The van der Waals surface area contributed by atoms with Gasteiger partial charge in [-0.05, 0) is 36.1 Å². The number of methoxy groups -OCH3 is 1. The average Bonchev–Trinajstić information content (AvgIpc) is 2.96. The van der Waals surface area contributed by atoms with Crippen LogP contribution in [-0.2, 0) is 9.53 Å². The lowest BCUT2D eigenvalue weighted by Gasteiger charge is -2.19. The topological polar surface area (TPSA) is 47.6 Å². The highest BCUT2D eigenvalue weighted by Crippen LogP contribution is 2.32. The van der Waals surface area contributed by atoms with E-state index >= 15 is 0 Å². The molecule has 0 spiro atoms. The van der Waals surface area contributed by atoms with Crippen molar-refractivity contribution in [2.45, 2.75) is 44.8 Å². The Labute approximate surface area is 130 Å². The van der Waals surface area contributed by atoms with Gasteiger partial charge in [0.2, 0.25) is 0 Å². The van der Waals surface area contributed by atoms with Crippen molar-refractivity contribution in [3.05, 3.63) is 28.8 Å². The van der Waals surface area contributed by atoms with Crippen molar-refractivity contribution in [1.29, 1.82) is 0 Å². The van der Waals surface area contributed by atoms with E-state index < -0.39 is 0 Å². The van der Waals surface area contributed by atoms with Gasteiger partial charge in [0.1, 0.15) is 17.9 Å². The molecular weight excluding hydrogens is 290 g/mol. The maximum Gasteiger partial charge on any atom is 0.323 e. The molecule has 0 saturated carbocycles. The lowest BCUT2D eigenvalue weighted by molar-refractivity contribution is -0.142. The van der Waals surface area contributed by atoms with Crippen LogP contribution in [0.4, 0.5) is 0 Å². The average molecular weight is 312 g/mol. The predicted molar refractivity (Wildman–Crippen MR) is 83.0 cm³/mol. The Bertz CT molecular complexity index is 506. The molecule has 3 atom stereocenters. The van der Waals surface area contributed by atoms with Gasteiger partial charge in [-0.3, -0.25) is 4.79 Å². The van der Waals surface area contributed by atoms with Gasteiger partial charge in [-0.2, -0.15) is 0 Å². The summed E-state index contributed by atoms with van der Waals surface area (Å²) in [7, 11) is 1.40. The molecule has 1 aromatic rings. The fourth-order valence-corrected chi connectivity index (χ4v) is 2.71. The number of carbonyl (C=O) groups excluding carboxylic acids is 1. The van der Waals surface area contributed by atoms with E-state index in [2.05, 4.69) is 19.2 Å². The minimum atomic E-state index is -0.278. The zero-order valence-corrected chi connectivity index (χ0v) is 13.4. The highest BCUT2D eigenvalue weighted by Gasteiger charge is 2.31. The van der Waals surface area contributed by atoms with E-state index in [4.69, 9.17) is 21.1 Å². The molecule has 1 aromatic carbocycles. The molecule has 0 bridgehead atoms. The van der Waals surface area contributed by atoms with E-state index in [1.165, 1.54) is 7.11 Å². The van der Waals surface area contributed by atoms with Gasteiger partial charge in [-0.25, -0.2) is 0 Å². The Morgan fingerprint density at radius 1 is 1.52 bits per heavy atom. The quantitative estimate of drug-likeness (QED) is 0.849. The molecule has 1 saturated heterocycles. The van der Waals surface area contributed by atoms with Crippen molar-refractivity contribution in [3.63, 3.8) is 0 Å². The number of halogens is 1. The number of carbonyl (C=O) groups is 1. The first-order chi connectivity index (χ1) is 10.0. The molecule has 0 radical (unpaired) electrons. The molecule has 1 aliphatic rings. The van der Waals surface area contributed by atoms with Crippen LogP contribution in [0.5, 0.6) is 5.75 Å². The number of nitrogens with one attached hydrogen (secondary N) is 1. The minimum Gasteiger partial charge on any atom is -0.489 e. The van der Waals surface area contributed by atoms with Crippen molar-refractivity contribution in [3.8, 4) is 5.75 Å². The second kappa shape index (κ2) is 7.14. The smallest absolute Gasteiger partial charge is 0.323 e. The molecule has 1 fully saturated rings. The van der Waals surface area contributed by atoms with Gasteiger partial charge in [0.25, 0.3) is 0 Å². The molecule has 0 aromatic heterocycles. The van der Waals surface area contributed by atoms with Gasteiger partial charge in [-0.15, -0.1) is 0 Å². The molecular formula is C16H22ClNO3. The van der Waals surface area contributed by atoms with Crippen LogP contribution in [0.25, 0.3) is 0 Å². The SMILES string of the molecule is CCC(C)c1cc(Cl)ccc1OC1CNC(C(=O)OC)C1. The number of hydrogen-bond acceptors (Lipinski definition) is 4. The molecule has 5 heteroatoms. The predicted octanol–water partition coefficient (Wildman–Crippen LogP) is 3.14. The highest BCUT2D eigenvalue weighted by atomic mass is 35.5. The molecule has 1 N–H and O–H groups in total. The minimum absolute atomic E-state index is 0.0296. The van der Waals surface area contributed by atoms with Gasteiger partial charge in [-0.1, -0.05) is 25.4 Å². The third-order valence-electron chi connectivity index (χ3n) is 3.98. The fraction of sp³-hybridized carbons (Fsp3) is 0.562. The van der Waals surface area contributed by atoms with Crippen LogP contribution < -0.4 is 10.1 Å². The van der Waals surface area contributed by atoms with Crippen molar-refractivity contribution in [1.82, 2.24) is 5.32 Å². The summed E-state index contributed by atoms with van der Waals surface area (Å²) in [5.74, 6) is 0.995. The van der Waals surface area contributed by atoms with Gasteiger partial charge in [0, 0.05) is 18.0 Å². The van der Waals surface area contributed by atoms with E-state index in [0.29, 0.717) is 18.9 Å². The van der Waals surface area contributed by atoms with Gasteiger partial charge in [0.15, 0.2) is 0 Å². The Balaban J connectivity index is 2.08. The summed E-state index contributed by atoms with van der Waals surface area (Å²) in [6, 6.07) is 5.43. The van der Waals surface area contributed by atoms with E-state index in [9.17, 15) is 4.79 Å². The first kappa shape index (κ1) is 16.1. The van der Waals surface area contributed by atoms with Crippen molar-refractivity contribution >= 4 is 17.6 Å². The summed E-state index contributed by atoms with van der Waals surface area (Å²) >= 11 is 6.09. The summed E-state index contributed by atoms with van der Waals surface area (Å²) in [4.78, 5) is 11.5. The number of rotatable bonds is 5. The van der Waals surface area contributed by atoms with Crippen molar-refractivity contribution in [2.24, 2.45) is 0 Å². The zero-order chi connectivity index (χ0) is 15.4. The van der Waals surface area contributed by atoms with E-state index in [1.54, 1.807) is 0 Å². The first-order valence-corrected chi connectivity index (χ1v) is 7.70. The van der Waals surface area contributed by atoms with Crippen LogP contribution >= 0.6 is 11.6 Å². The van der Waals surface area contributed by atoms with Crippen molar-refractivity contribution in [2.75, 3.05) is 13.7 Å². The van der Waals surface area contributed by atoms with Gasteiger partial charge >= 0.3 is 5.97 Å².